The lowest BCUT2D eigenvalue weighted by Crippen LogP contribution is -2.50. The summed E-state index contributed by atoms with van der Waals surface area (Å²) in [6, 6.07) is 17.9. The highest BCUT2D eigenvalue weighted by molar-refractivity contribution is 5.98. The van der Waals surface area contributed by atoms with E-state index in [9.17, 15) is 9.18 Å². The Kier molecular flexibility index (Phi) is 5.75. The van der Waals surface area contributed by atoms with Crippen molar-refractivity contribution in [1.29, 1.82) is 0 Å². The van der Waals surface area contributed by atoms with Crippen LogP contribution in [-0.2, 0) is 4.79 Å². The van der Waals surface area contributed by atoms with Crippen LogP contribution in [0.3, 0.4) is 0 Å². The minimum Gasteiger partial charge on any atom is -0.481 e. The zero-order valence-electron chi connectivity index (χ0n) is 17.9. The Balaban J connectivity index is 1.62. The van der Waals surface area contributed by atoms with Crippen LogP contribution >= 0.6 is 0 Å². The van der Waals surface area contributed by atoms with Gasteiger partial charge in [0.15, 0.2) is 0 Å². The normalized spacial score (nSPS) is 14.0. The third-order valence-electron chi connectivity index (χ3n) is 5.41. The molecule has 0 bridgehead atoms. The maximum atomic E-state index is 13.2. The summed E-state index contributed by atoms with van der Waals surface area (Å²) < 4.78 is 18.6. The lowest BCUT2D eigenvalue weighted by Gasteiger charge is -2.36. The number of anilines is 3. The zero-order chi connectivity index (χ0) is 22.0. The molecule has 6 nitrogen and oxygen atoms in total. The maximum absolute atomic E-state index is 13.2. The minimum atomic E-state index is -0.316. The van der Waals surface area contributed by atoms with Gasteiger partial charge in [-0.05, 0) is 42.5 Å². The Bertz CT molecular complexity index is 1070. The molecule has 4 rings (SSSR count). The molecule has 0 radical (unpaired) electrons. The second-order valence-electron chi connectivity index (χ2n) is 7.61. The molecule has 160 valence electrons. The van der Waals surface area contributed by atoms with Gasteiger partial charge in [-0.2, -0.15) is 0 Å². The van der Waals surface area contributed by atoms with Gasteiger partial charge < -0.3 is 19.4 Å². The van der Waals surface area contributed by atoms with Crippen molar-refractivity contribution >= 4 is 23.0 Å². The molecular weight excluding hydrogens is 395 g/mol. The van der Waals surface area contributed by atoms with Gasteiger partial charge in [0.05, 0.1) is 25.0 Å². The predicted octanol–water partition coefficient (Wildman–Crippen LogP) is 3.82. The van der Waals surface area contributed by atoms with Crippen LogP contribution in [0.25, 0.3) is 11.3 Å². The van der Waals surface area contributed by atoms with Gasteiger partial charge >= 0.3 is 0 Å². The number of halogens is 1. The van der Waals surface area contributed by atoms with Crippen molar-refractivity contribution in [2.75, 3.05) is 55.5 Å². The Morgan fingerprint density at radius 1 is 0.968 bits per heavy atom. The summed E-state index contributed by atoms with van der Waals surface area (Å²) in [6.07, 6.45) is 0. The Labute approximate surface area is 181 Å². The van der Waals surface area contributed by atoms with Gasteiger partial charge in [-0.15, -0.1) is 0 Å². The van der Waals surface area contributed by atoms with Crippen molar-refractivity contribution in [3.8, 4) is 17.1 Å². The van der Waals surface area contributed by atoms with Gasteiger partial charge in [0.25, 0.3) is 0 Å². The molecule has 0 unspecified atom stereocenters. The van der Waals surface area contributed by atoms with Gasteiger partial charge in [-0.25, -0.2) is 9.37 Å². The topological polar surface area (TPSA) is 48.9 Å². The van der Waals surface area contributed by atoms with Crippen molar-refractivity contribution in [3.63, 3.8) is 0 Å². The quantitative estimate of drug-likeness (QED) is 0.628. The lowest BCUT2D eigenvalue weighted by molar-refractivity contribution is -0.117. The van der Waals surface area contributed by atoms with Crippen molar-refractivity contribution in [1.82, 2.24) is 4.98 Å². The molecule has 1 saturated heterocycles. The average molecular weight is 420 g/mol. The molecule has 3 aromatic rings. The average Bonchev–Trinajstić information content (AvgIpc) is 2.79. The van der Waals surface area contributed by atoms with Crippen LogP contribution in [0.2, 0.25) is 0 Å². The Hall–Kier alpha value is -3.61. The fraction of sp³-hybridized carbons (Fsp3) is 0.250. The first-order valence-corrected chi connectivity index (χ1v) is 10.1. The third kappa shape index (κ3) is 4.30. The standard InChI is InChI=1S/C24H25FN4O2/c1-27(2)19-8-4-17(5-9-19)24-21(12-13-22(26-24)31-3)28-14-15-29(23(30)16-28)20-10-6-18(25)7-11-20/h4-13H,14-16H2,1-3H3. The summed E-state index contributed by atoms with van der Waals surface area (Å²) in [7, 11) is 5.58. The maximum Gasteiger partial charge on any atom is 0.246 e. The van der Waals surface area contributed by atoms with E-state index in [4.69, 9.17) is 4.74 Å². The van der Waals surface area contributed by atoms with Crippen LogP contribution in [0, 0.1) is 5.82 Å². The summed E-state index contributed by atoms with van der Waals surface area (Å²) in [6.45, 7) is 1.36. The van der Waals surface area contributed by atoms with Crippen LogP contribution in [-0.4, -0.2) is 51.7 Å². The zero-order valence-corrected chi connectivity index (χ0v) is 17.9. The second kappa shape index (κ2) is 8.63. The van der Waals surface area contributed by atoms with Gasteiger partial charge in [-0.1, -0.05) is 12.1 Å². The van der Waals surface area contributed by atoms with E-state index in [1.54, 1.807) is 24.1 Å². The molecule has 1 aliphatic heterocycles. The third-order valence-corrected chi connectivity index (χ3v) is 5.41. The van der Waals surface area contributed by atoms with Crippen LogP contribution in [0.15, 0.2) is 60.7 Å². The number of benzene rings is 2. The highest BCUT2D eigenvalue weighted by atomic mass is 19.1. The van der Waals surface area contributed by atoms with E-state index in [0.29, 0.717) is 24.7 Å². The van der Waals surface area contributed by atoms with Crippen molar-refractivity contribution < 1.29 is 13.9 Å². The molecule has 1 amide bonds. The van der Waals surface area contributed by atoms with E-state index >= 15 is 0 Å². The van der Waals surface area contributed by atoms with Crippen molar-refractivity contribution in [2.24, 2.45) is 0 Å². The number of amides is 1. The largest absolute Gasteiger partial charge is 0.481 e. The number of rotatable bonds is 5. The summed E-state index contributed by atoms with van der Waals surface area (Å²) in [5, 5.41) is 0. The number of carbonyl (C=O) groups is 1. The molecule has 0 N–H and O–H groups in total. The lowest BCUT2D eigenvalue weighted by atomic mass is 10.1. The number of piperazine rings is 1. The Morgan fingerprint density at radius 3 is 2.29 bits per heavy atom. The predicted molar refractivity (Wildman–Crippen MR) is 122 cm³/mol. The number of hydrogen-bond donors (Lipinski definition) is 0. The highest BCUT2D eigenvalue weighted by Gasteiger charge is 2.27. The molecule has 0 aliphatic carbocycles. The number of aromatic nitrogens is 1. The summed E-state index contributed by atoms with van der Waals surface area (Å²) >= 11 is 0. The van der Waals surface area contributed by atoms with Crippen LogP contribution in [0.4, 0.5) is 21.5 Å². The summed E-state index contributed by atoms with van der Waals surface area (Å²) in [5.74, 6) is 0.165. The molecule has 7 heteroatoms. The van der Waals surface area contributed by atoms with Crippen molar-refractivity contribution in [2.45, 2.75) is 0 Å². The van der Waals surface area contributed by atoms with E-state index in [1.807, 2.05) is 60.3 Å². The summed E-state index contributed by atoms with van der Waals surface area (Å²) in [5.41, 5.74) is 4.40. The van der Waals surface area contributed by atoms with E-state index < -0.39 is 0 Å². The molecule has 2 aromatic carbocycles. The molecule has 31 heavy (non-hydrogen) atoms. The van der Waals surface area contributed by atoms with E-state index in [-0.39, 0.29) is 18.3 Å². The molecule has 1 aromatic heterocycles. The fourth-order valence-corrected chi connectivity index (χ4v) is 3.71. The van der Waals surface area contributed by atoms with Gasteiger partial charge in [0.2, 0.25) is 11.8 Å². The smallest absolute Gasteiger partial charge is 0.246 e. The first kappa shape index (κ1) is 20.7. The number of nitrogens with zero attached hydrogens (tertiary/aromatic N) is 4. The van der Waals surface area contributed by atoms with Crippen LogP contribution in [0.5, 0.6) is 5.88 Å². The van der Waals surface area contributed by atoms with Gasteiger partial charge in [0, 0.05) is 50.2 Å². The van der Waals surface area contributed by atoms with Crippen LogP contribution in [0.1, 0.15) is 0 Å². The molecule has 0 saturated carbocycles. The second-order valence-corrected chi connectivity index (χ2v) is 7.61. The molecule has 1 aliphatic rings. The first-order valence-electron chi connectivity index (χ1n) is 10.1. The van der Waals surface area contributed by atoms with Crippen LogP contribution < -0.4 is 19.4 Å². The highest BCUT2D eigenvalue weighted by Crippen LogP contribution is 2.33. The molecule has 0 spiro atoms. The number of methoxy groups -OCH3 is 1. The number of carbonyl (C=O) groups excluding carboxylic acids is 1. The van der Waals surface area contributed by atoms with E-state index in [0.717, 1.165) is 22.6 Å². The minimum absolute atomic E-state index is 0.0393. The first-order chi connectivity index (χ1) is 15.0. The monoisotopic (exact) mass is 420 g/mol. The molecule has 0 atom stereocenters. The van der Waals surface area contributed by atoms with Gasteiger partial charge in [0.1, 0.15) is 5.82 Å². The number of ether oxygens (including phenoxy) is 1. The number of pyridine rings is 1. The van der Waals surface area contributed by atoms with E-state index in [1.165, 1.54) is 12.1 Å². The SMILES string of the molecule is COc1ccc(N2CCN(c3ccc(F)cc3)C(=O)C2)c(-c2ccc(N(C)C)cc2)n1. The molecule has 1 fully saturated rings. The molecular formula is C24H25FN4O2. The van der Waals surface area contributed by atoms with Crippen molar-refractivity contribution in [3.05, 3.63) is 66.5 Å². The molecule has 2 heterocycles. The summed E-state index contributed by atoms with van der Waals surface area (Å²) in [4.78, 5) is 23.3. The van der Waals surface area contributed by atoms with E-state index in [2.05, 4.69) is 4.98 Å². The van der Waals surface area contributed by atoms with Gasteiger partial charge in [-0.3, -0.25) is 4.79 Å². The fourth-order valence-electron chi connectivity index (χ4n) is 3.71. The number of hydrogen-bond acceptors (Lipinski definition) is 5. The Morgan fingerprint density at radius 2 is 1.68 bits per heavy atom.